The van der Waals surface area contributed by atoms with Crippen LogP contribution in [0.4, 0.5) is 14.5 Å². The van der Waals surface area contributed by atoms with Crippen LogP contribution in [0.2, 0.25) is 0 Å². The molecule has 0 fully saturated rings. The van der Waals surface area contributed by atoms with E-state index >= 15 is 0 Å². The molecule has 0 heterocycles. The molecule has 0 atom stereocenters. The van der Waals surface area contributed by atoms with Crippen LogP contribution in [-0.2, 0) is 9.05 Å². The second kappa shape index (κ2) is 5.44. The van der Waals surface area contributed by atoms with Gasteiger partial charge in [0, 0.05) is 16.7 Å². The van der Waals surface area contributed by atoms with Crippen molar-refractivity contribution in [2.75, 3.05) is 12.4 Å². The zero-order chi connectivity index (χ0) is 13.9. The third-order valence-electron chi connectivity index (χ3n) is 1.78. The largest absolute Gasteiger partial charge is 0.489 e. The maximum atomic E-state index is 13.2. The van der Waals surface area contributed by atoms with Crippen LogP contribution in [-0.4, -0.2) is 25.7 Å². The highest BCUT2D eigenvalue weighted by Gasteiger charge is 2.19. The summed E-state index contributed by atoms with van der Waals surface area (Å²) >= 11 is 0. The molecule has 100 valence electrons. The van der Waals surface area contributed by atoms with E-state index in [2.05, 4.69) is 4.74 Å². The number of rotatable bonds is 5. The molecule has 18 heavy (non-hydrogen) atoms. The lowest BCUT2D eigenvalue weighted by Gasteiger charge is -2.06. The summed E-state index contributed by atoms with van der Waals surface area (Å²) in [6.07, 6.45) is 0. The summed E-state index contributed by atoms with van der Waals surface area (Å²) in [5.41, 5.74) is -1.04. The van der Waals surface area contributed by atoms with Gasteiger partial charge < -0.3 is 4.74 Å². The predicted octanol–water partition coefficient (Wildman–Crippen LogP) is 1.82. The van der Waals surface area contributed by atoms with E-state index in [-0.39, 0.29) is 0 Å². The molecule has 0 saturated carbocycles. The Hall–Kier alpha value is -1.48. The second-order valence-electron chi connectivity index (χ2n) is 3.08. The van der Waals surface area contributed by atoms with Crippen molar-refractivity contribution in [2.45, 2.75) is 0 Å². The molecular formula is C8H6ClF2NO5S. The van der Waals surface area contributed by atoms with Crippen LogP contribution in [0.5, 0.6) is 5.75 Å². The van der Waals surface area contributed by atoms with Crippen molar-refractivity contribution in [3.63, 3.8) is 0 Å². The van der Waals surface area contributed by atoms with Crippen LogP contribution < -0.4 is 4.74 Å². The number of benzene rings is 1. The molecular weight excluding hydrogens is 296 g/mol. The topological polar surface area (TPSA) is 86.5 Å². The minimum atomic E-state index is -3.82. The van der Waals surface area contributed by atoms with Crippen LogP contribution >= 0.6 is 10.7 Å². The van der Waals surface area contributed by atoms with Crippen molar-refractivity contribution in [2.24, 2.45) is 0 Å². The molecule has 0 amide bonds. The van der Waals surface area contributed by atoms with E-state index < -0.39 is 49.4 Å². The Balaban J connectivity index is 2.85. The van der Waals surface area contributed by atoms with Crippen LogP contribution in [0.15, 0.2) is 12.1 Å². The molecule has 6 nitrogen and oxygen atoms in total. The first-order valence-electron chi connectivity index (χ1n) is 4.39. The van der Waals surface area contributed by atoms with Gasteiger partial charge in [-0.05, 0) is 0 Å². The fourth-order valence-corrected chi connectivity index (χ4v) is 1.49. The van der Waals surface area contributed by atoms with E-state index in [1.165, 1.54) is 0 Å². The van der Waals surface area contributed by atoms with E-state index in [9.17, 15) is 27.3 Å². The maximum absolute atomic E-state index is 13.2. The molecule has 0 aliphatic heterocycles. The minimum absolute atomic E-state index is 0.347. The number of nitro groups is 1. The van der Waals surface area contributed by atoms with Gasteiger partial charge in [-0.15, -0.1) is 0 Å². The molecule has 0 unspecified atom stereocenters. The van der Waals surface area contributed by atoms with Gasteiger partial charge in [-0.2, -0.15) is 4.39 Å². The SMILES string of the molecule is O=[N+]([O-])c1cc(F)c(OCCS(=O)(=O)Cl)cc1F. The average Bonchev–Trinajstić information content (AvgIpc) is 2.20. The highest BCUT2D eigenvalue weighted by atomic mass is 35.7. The van der Waals surface area contributed by atoms with Crippen molar-refractivity contribution in [1.29, 1.82) is 0 Å². The van der Waals surface area contributed by atoms with Gasteiger partial charge in [-0.1, -0.05) is 0 Å². The fourth-order valence-electron chi connectivity index (χ4n) is 1.02. The normalized spacial score (nSPS) is 11.3. The van der Waals surface area contributed by atoms with Crippen LogP contribution in [0.25, 0.3) is 0 Å². The molecule has 10 heteroatoms. The summed E-state index contributed by atoms with van der Waals surface area (Å²) in [6, 6.07) is 0.814. The van der Waals surface area contributed by atoms with Gasteiger partial charge in [-0.3, -0.25) is 10.1 Å². The first-order valence-corrected chi connectivity index (χ1v) is 6.87. The second-order valence-corrected chi connectivity index (χ2v) is 5.98. The third-order valence-corrected chi connectivity index (χ3v) is 2.90. The number of nitrogens with zero attached hydrogens (tertiary/aromatic N) is 1. The number of ether oxygens (including phenoxy) is 1. The number of hydrogen-bond acceptors (Lipinski definition) is 5. The Labute approximate surface area is 105 Å². The molecule has 0 saturated heterocycles. The van der Waals surface area contributed by atoms with E-state index in [1.54, 1.807) is 0 Å². The van der Waals surface area contributed by atoms with Crippen molar-refractivity contribution >= 4 is 25.4 Å². The number of halogens is 3. The van der Waals surface area contributed by atoms with E-state index in [0.717, 1.165) is 0 Å². The standard InChI is InChI=1S/C8H6ClF2NO5S/c9-18(15,16)2-1-17-8-4-5(10)7(12(13)14)3-6(8)11/h3-4H,1-2H2. The Bertz CT molecular complexity index is 577. The van der Waals surface area contributed by atoms with E-state index in [4.69, 9.17) is 10.7 Å². The molecule has 1 aromatic rings. The van der Waals surface area contributed by atoms with Crippen molar-refractivity contribution in [3.8, 4) is 5.75 Å². The summed E-state index contributed by atoms with van der Waals surface area (Å²) in [7, 11) is 1.06. The van der Waals surface area contributed by atoms with Crippen LogP contribution in [0, 0.1) is 21.7 Å². The maximum Gasteiger partial charge on any atom is 0.307 e. The fraction of sp³-hybridized carbons (Fsp3) is 0.250. The highest BCUT2D eigenvalue weighted by Crippen LogP contribution is 2.26. The Kier molecular flexibility index (Phi) is 4.41. The molecule has 0 bridgehead atoms. The molecule has 1 rings (SSSR count). The van der Waals surface area contributed by atoms with Gasteiger partial charge in [0.1, 0.15) is 6.61 Å². The highest BCUT2D eigenvalue weighted by molar-refractivity contribution is 8.13. The monoisotopic (exact) mass is 301 g/mol. The summed E-state index contributed by atoms with van der Waals surface area (Å²) in [5.74, 6) is -3.69. The number of nitro benzene ring substituents is 1. The molecule has 0 spiro atoms. The van der Waals surface area contributed by atoms with Gasteiger partial charge in [0.25, 0.3) is 0 Å². The van der Waals surface area contributed by atoms with Crippen molar-refractivity contribution < 1.29 is 26.9 Å². The summed E-state index contributed by atoms with van der Waals surface area (Å²) < 4.78 is 52.1. The summed E-state index contributed by atoms with van der Waals surface area (Å²) in [5, 5.41) is 10.3. The lowest BCUT2D eigenvalue weighted by Crippen LogP contribution is -2.10. The van der Waals surface area contributed by atoms with E-state index in [0.29, 0.717) is 12.1 Å². The molecule has 0 aliphatic carbocycles. The predicted molar refractivity (Wildman–Crippen MR) is 58.1 cm³/mol. The number of hydrogen-bond donors (Lipinski definition) is 0. The Morgan fingerprint density at radius 1 is 1.33 bits per heavy atom. The van der Waals surface area contributed by atoms with Gasteiger partial charge >= 0.3 is 5.69 Å². The van der Waals surface area contributed by atoms with Crippen LogP contribution in [0.1, 0.15) is 0 Å². The first kappa shape index (κ1) is 14.6. The quantitative estimate of drug-likeness (QED) is 0.470. The summed E-state index contributed by atoms with van der Waals surface area (Å²) in [4.78, 5) is 9.20. The molecule has 0 radical (unpaired) electrons. The van der Waals surface area contributed by atoms with Crippen molar-refractivity contribution in [3.05, 3.63) is 33.9 Å². The smallest absolute Gasteiger partial charge is 0.307 e. The zero-order valence-electron chi connectivity index (χ0n) is 8.60. The first-order chi connectivity index (χ1) is 8.20. The van der Waals surface area contributed by atoms with Gasteiger partial charge in [-0.25, -0.2) is 12.8 Å². The lowest BCUT2D eigenvalue weighted by molar-refractivity contribution is -0.387. The minimum Gasteiger partial charge on any atom is -0.489 e. The lowest BCUT2D eigenvalue weighted by atomic mass is 10.3. The average molecular weight is 302 g/mol. The molecule has 0 N–H and O–H groups in total. The van der Waals surface area contributed by atoms with Crippen molar-refractivity contribution in [1.82, 2.24) is 0 Å². The summed E-state index contributed by atoms with van der Waals surface area (Å²) in [6.45, 7) is -0.500. The van der Waals surface area contributed by atoms with Gasteiger partial charge in [0.05, 0.1) is 16.7 Å². The van der Waals surface area contributed by atoms with Gasteiger partial charge in [0.15, 0.2) is 11.6 Å². The Morgan fingerprint density at radius 2 is 1.94 bits per heavy atom. The Morgan fingerprint density at radius 3 is 2.44 bits per heavy atom. The molecule has 1 aromatic carbocycles. The molecule has 0 aliphatic rings. The zero-order valence-corrected chi connectivity index (χ0v) is 10.2. The molecule has 0 aromatic heterocycles. The van der Waals surface area contributed by atoms with Gasteiger partial charge in [0.2, 0.25) is 14.9 Å². The van der Waals surface area contributed by atoms with E-state index in [1.807, 2.05) is 0 Å². The van der Waals surface area contributed by atoms with Crippen LogP contribution in [0.3, 0.4) is 0 Å². The third kappa shape index (κ3) is 4.08.